The molecule has 166 valence electrons. The monoisotopic (exact) mass is 494 g/mol. The van der Waals surface area contributed by atoms with E-state index in [9.17, 15) is 9.59 Å². The molecular weight excluding hydrogens is 468 g/mol. The highest BCUT2D eigenvalue weighted by Crippen LogP contribution is 2.48. The van der Waals surface area contributed by atoms with Gasteiger partial charge in [0, 0.05) is 34.0 Å². The minimum atomic E-state index is -0.917. The number of hydrogen-bond donors (Lipinski definition) is 1. The van der Waals surface area contributed by atoms with E-state index in [-0.39, 0.29) is 18.0 Å². The zero-order valence-electron chi connectivity index (χ0n) is 18.6. The fourth-order valence-corrected chi connectivity index (χ4v) is 5.57. The van der Waals surface area contributed by atoms with E-state index in [1.165, 1.54) is 4.90 Å². The molecule has 32 heavy (non-hydrogen) atoms. The van der Waals surface area contributed by atoms with Crippen LogP contribution >= 0.6 is 15.9 Å². The smallest absolute Gasteiger partial charge is 0.328 e. The van der Waals surface area contributed by atoms with Crippen LogP contribution in [0.2, 0.25) is 0 Å². The molecule has 1 N–H and O–H groups in total. The standard InChI is InChI=1S/C25H27BrN4O2/c1-25-15-19-18-14-17(26)10-11-20(18)27-21(19)22(16-8-5-4-6-9-16)30(25)24(32)29(23(25)31)13-7-12-28(2)3/h4-6,8-11,14,22,27H,7,12-13,15H2,1-3H3. The number of nitrogens with one attached hydrogen (secondary N) is 1. The first-order valence-electron chi connectivity index (χ1n) is 11.0. The quantitative estimate of drug-likeness (QED) is 0.529. The van der Waals surface area contributed by atoms with Gasteiger partial charge in [0.05, 0.1) is 0 Å². The number of benzene rings is 2. The highest BCUT2D eigenvalue weighted by Gasteiger charge is 2.59. The van der Waals surface area contributed by atoms with Gasteiger partial charge in [0.15, 0.2) is 0 Å². The molecule has 3 amide bonds. The third-order valence-corrected chi connectivity index (χ3v) is 7.22. The van der Waals surface area contributed by atoms with Gasteiger partial charge in [-0.3, -0.25) is 14.6 Å². The Morgan fingerprint density at radius 1 is 1.16 bits per heavy atom. The van der Waals surface area contributed by atoms with Gasteiger partial charge in [0.1, 0.15) is 11.6 Å². The average Bonchev–Trinajstić information content (AvgIpc) is 3.20. The van der Waals surface area contributed by atoms with E-state index in [4.69, 9.17) is 0 Å². The number of urea groups is 1. The lowest BCUT2D eigenvalue weighted by atomic mass is 9.81. The highest BCUT2D eigenvalue weighted by atomic mass is 79.9. The summed E-state index contributed by atoms with van der Waals surface area (Å²) >= 11 is 3.59. The lowest BCUT2D eigenvalue weighted by Gasteiger charge is -2.42. The Morgan fingerprint density at radius 2 is 1.91 bits per heavy atom. The zero-order chi connectivity index (χ0) is 22.6. The summed E-state index contributed by atoms with van der Waals surface area (Å²) < 4.78 is 0.995. The van der Waals surface area contributed by atoms with Crippen LogP contribution in [0.5, 0.6) is 0 Å². The first-order valence-corrected chi connectivity index (χ1v) is 11.8. The van der Waals surface area contributed by atoms with Crippen LogP contribution in [0.15, 0.2) is 53.0 Å². The molecule has 3 heterocycles. The topological polar surface area (TPSA) is 59.6 Å². The first-order chi connectivity index (χ1) is 15.3. The van der Waals surface area contributed by atoms with E-state index in [1.807, 2.05) is 68.4 Å². The number of H-pyrrole nitrogens is 1. The van der Waals surface area contributed by atoms with Crippen LogP contribution in [0.4, 0.5) is 4.79 Å². The number of rotatable bonds is 5. The van der Waals surface area contributed by atoms with Gasteiger partial charge in [0.25, 0.3) is 5.91 Å². The maximum Gasteiger partial charge on any atom is 0.328 e. The number of amides is 3. The second-order valence-corrected chi connectivity index (χ2v) is 10.2. The largest absolute Gasteiger partial charge is 0.356 e. The number of imide groups is 1. The van der Waals surface area contributed by atoms with Crippen LogP contribution in [0.3, 0.4) is 0 Å². The minimum Gasteiger partial charge on any atom is -0.356 e. The van der Waals surface area contributed by atoms with E-state index in [1.54, 1.807) is 0 Å². The van der Waals surface area contributed by atoms with Crippen molar-refractivity contribution in [3.05, 3.63) is 69.8 Å². The van der Waals surface area contributed by atoms with Crippen LogP contribution in [0.25, 0.3) is 10.9 Å². The maximum atomic E-state index is 13.7. The van der Waals surface area contributed by atoms with Gasteiger partial charge in [-0.05, 0) is 63.3 Å². The third kappa shape index (κ3) is 3.18. The predicted molar refractivity (Wildman–Crippen MR) is 129 cm³/mol. The zero-order valence-corrected chi connectivity index (χ0v) is 20.1. The second kappa shape index (κ2) is 7.74. The molecule has 0 radical (unpaired) electrons. The SMILES string of the molecule is CN(C)CCCN1C(=O)N2C(c3ccccc3)c3[nH]c4ccc(Br)cc4c3CC2(C)C1=O. The third-order valence-electron chi connectivity index (χ3n) is 6.73. The molecule has 0 bridgehead atoms. The molecule has 2 aromatic carbocycles. The summed E-state index contributed by atoms with van der Waals surface area (Å²) in [5.74, 6) is -0.0998. The number of halogens is 1. The molecule has 1 aromatic heterocycles. The van der Waals surface area contributed by atoms with Gasteiger partial charge in [0.2, 0.25) is 0 Å². The highest BCUT2D eigenvalue weighted by molar-refractivity contribution is 9.10. The van der Waals surface area contributed by atoms with Gasteiger partial charge < -0.3 is 9.88 Å². The Balaban J connectivity index is 1.65. The molecule has 6 nitrogen and oxygen atoms in total. The van der Waals surface area contributed by atoms with E-state index in [0.717, 1.165) is 45.2 Å². The van der Waals surface area contributed by atoms with Crippen molar-refractivity contribution >= 4 is 38.8 Å². The number of aromatic nitrogens is 1. The first kappa shape index (κ1) is 21.2. The van der Waals surface area contributed by atoms with Crippen molar-refractivity contribution in [3.63, 3.8) is 0 Å². The number of carbonyl (C=O) groups excluding carboxylic acids is 2. The number of nitrogens with zero attached hydrogens (tertiary/aromatic N) is 3. The Bertz CT molecular complexity index is 1210. The van der Waals surface area contributed by atoms with Crippen molar-refractivity contribution < 1.29 is 9.59 Å². The van der Waals surface area contributed by atoms with Gasteiger partial charge in [-0.25, -0.2) is 4.79 Å². The average molecular weight is 495 g/mol. The van der Waals surface area contributed by atoms with Crippen LogP contribution in [-0.4, -0.2) is 64.3 Å². The fraction of sp³-hybridized carbons (Fsp3) is 0.360. The summed E-state index contributed by atoms with van der Waals surface area (Å²) in [5, 5.41) is 1.10. The Kier molecular flexibility index (Phi) is 5.13. The normalized spacial score (nSPS) is 22.7. The van der Waals surface area contributed by atoms with Crippen LogP contribution < -0.4 is 0 Å². The van der Waals surface area contributed by atoms with Crippen molar-refractivity contribution in [1.82, 2.24) is 19.7 Å². The Morgan fingerprint density at radius 3 is 2.62 bits per heavy atom. The number of carbonyl (C=O) groups is 2. The summed E-state index contributed by atoms with van der Waals surface area (Å²) in [6, 6.07) is 15.6. The maximum absolute atomic E-state index is 13.7. The van der Waals surface area contributed by atoms with Gasteiger partial charge >= 0.3 is 6.03 Å². The molecule has 2 aliphatic heterocycles. The molecule has 0 spiro atoms. The van der Waals surface area contributed by atoms with Crippen LogP contribution in [0.1, 0.15) is 36.2 Å². The minimum absolute atomic E-state index is 0.0998. The number of fused-ring (bicyclic) bond motifs is 4. The van der Waals surface area contributed by atoms with E-state index >= 15 is 0 Å². The van der Waals surface area contributed by atoms with Gasteiger partial charge in [-0.2, -0.15) is 0 Å². The van der Waals surface area contributed by atoms with Crippen LogP contribution in [-0.2, 0) is 11.2 Å². The van der Waals surface area contributed by atoms with Crippen molar-refractivity contribution in [3.8, 4) is 0 Å². The van der Waals surface area contributed by atoms with Crippen molar-refractivity contribution in [2.24, 2.45) is 0 Å². The second-order valence-electron chi connectivity index (χ2n) is 9.24. The number of aromatic amines is 1. The molecule has 1 fully saturated rings. The Labute approximate surface area is 196 Å². The molecule has 0 aliphatic carbocycles. The number of hydrogen-bond acceptors (Lipinski definition) is 3. The Hall–Kier alpha value is -2.64. The lowest BCUT2D eigenvalue weighted by Crippen LogP contribution is -2.53. The van der Waals surface area contributed by atoms with E-state index in [2.05, 4.69) is 31.9 Å². The van der Waals surface area contributed by atoms with Crippen molar-refractivity contribution in [1.29, 1.82) is 0 Å². The van der Waals surface area contributed by atoms with Gasteiger partial charge in [-0.1, -0.05) is 46.3 Å². The van der Waals surface area contributed by atoms with E-state index < -0.39 is 5.54 Å². The molecule has 1 saturated heterocycles. The molecule has 2 atom stereocenters. The summed E-state index contributed by atoms with van der Waals surface area (Å²) in [7, 11) is 4.00. The van der Waals surface area contributed by atoms with Crippen LogP contribution in [0, 0.1) is 0 Å². The molecular formula is C25H27BrN4O2. The molecule has 7 heteroatoms. The lowest BCUT2D eigenvalue weighted by molar-refractivity contribution is -0.133. The van der Waals surface area contributed by atoms with Crippen molar-refractivity contribution in [2.45, 2.75) is 31.3 Å². The molecule has 5 rings (SSSR count). The summed E-state index contributed by atoms with van der Waals surface area (Å²) in [4.78, 5) is 36.3. The van der Waals surface area contributed by atoms with E-state index in [0.29, 0.717) is 13.0 Å². The molecule has 0 saturated carbocycles. The summed E-state index contributed by atoms with van der Waals surface area (Å²) in [6.07, 6.45) is 1.25. The molecule has 2 unspecified atom stereocenters. The predicted octanol–water partition coefficient (Wildman–Crippen LogP) is 4.55. The van der Waals surface area contributed by atoms with Crippen molar-refractivity contribution in [2.75, 3.05) is 27.2 Å². The van der Waals surface area contributed by atoms with Gasteiger partial charge in [-0.15, -0.1) is 0 Å². The fourth-order valence-electron chi connectivity index (χ4n) is 5.21. The summed E-state index contributed by atoms with van der Waals surface area (Å²) in [5.41, 5.74) is 3.22. The molecule has 3 aromatic rings. The summed E-state index contributed by atoms with van der Waals surface area (Å²) in [6.45, 7) is 3.19. The molecule has 2 aliphatic rings.